The number of fused-ring (bicyclic) bond motifs is 1. The summed E-state index contributed by atoms with van der Waals surface area (Å²) in [6.07, 6.45) is 3.16. The van der Waals surface area contributed by atoms with E-state index in [-0.39, 0.29) is 21.7 Å². The van der Waals surface area contributed by atoms with Gasteiger partial charge in [-0.15, -0.1) is 0 Å². The van der Waals surface area contributed by atoms with Crippen LogP contribution < -0.4 is 15.6 Å². The molecular weight excluding hydrogens is 509 g/mol. The van der Waals surface area contributed by atoms with Gasteiger partial charge in [0.1, 0.15) is 5.82 Å². The molecule has 0 bridgehead atoms. The minimum atomic E-state index is -3.93. The predicted octanol–water partition coefficient (Wildman–Crippen LogP) is 4.05. The van der Waals surface area contributed by atoms with Crippen LogP contribution in [0, 0.1) is 5.82 Å². The average Bonchev–Trinajstić information content (AvgIpc) is 3.31. The second-order valence-corrected chi connectivity index (χ2v) is 11.3. The van der Waals surface area contributed by atoms with Gasteiger partial charge in [-0.2, -0.15) is 9.89 Å². The normalized spacial score (nSPS) is 14.4. The van der Waals surface area contributed by atoms with Gasteiger partial charge in [-0.3, -0.25) is 4.79 Å². The molecular formula is C27H28FN5O4S. The van der Waals surface area contributed by atoms with Crippen molar-refractivity contribution in [2.75, 3.05) is 43.0 Å². The van der Waals surface area contributed by atoms with E-state index in [1.807, 2.05) is 31.1 Å². The van der Waals surface area contributed by atoms with Crippen LogP contribution in [0.5, 0.6) is 0 Å². The van der Waals surface area contributed by atoms with Crippen LogP contribution in [0.15, 0.2) is 76.7 Å². The maximum Gasteiger partial charge on any atom is 0.273 e. The first-order chi connectivity index (χ1) is 18.2. The van der Waals surface area contributed by atoms with Crippen LogP contribution in [0.25, 0.3) is 10.9 Å². The first-order valence-corrected chi connectivity index (χ1v) is 13.7. The molecule has 1 amide bonds. The molecule has 2 heterocycles. The number of halogens is 1. The Labute approximate surface area is 220 Å². The number of nitrogens with one attached hydrogen (secondary N) is 2. The Kier molecular flexibility index (Phi) is 7.04. The Bertz CT molecular complexity index is 1600. The van der Waals surface area contributed by atoms with Crippen LogP contribution in [0.1, 0.15) is 23.2 Å². The number of sulfone groups is 1. The lowest BCUT2D eigenvalue weighted by molar-refractivity contribution is 0.0904. The monoisotopic (exact) mass is 537 g/mol. The molecule has 1 aliphatic rings. The van der Waals surface area contributed by atoms with Crippen molar-refractivity contribution < 1.29 is 22.3 Å². The second kappa shape index (κ2) is 10.4. The Hall–Kier alpha value is -3.96. The lowest BCUT2D eigenvalue weighted by Gasteiger charge is -2.26. The van der Waals surface area contributed by atoms with E-state index in [4.69, 9.17) is 4.74 Å². The van der Waals surface area contributed by atoms with E-state index in [1.165, 1.54) is 41.3 Å². The molecule has 198 valence electrons. The van der Waals surface area contributed by atoms with E-state index in [1.54, 1.807) is 12.1 Å². The summed E-state index contributed by atoms with van der Waals surface area (Å²) in [7, 11) is -0.0534. The van der Waals surface area contributed by atoms with E-state index in [2.05, 4.69) is 15.8 Å². The van der Waals surface area contributed by atoms with Crippen molar-refractivity contribution in [3.63, 3.8) is 0 Å². The van der Waals surface area contributed by atoms with Gasteiger partial charge in [0.05, 0.1) is 27.1 Å². The van der Waals surface area contributed by atoms with E-state index < -0.39 is 15.7 Å². The number of nitrogens with zero attached hydrogens (tertiary/aromatic N) is 3. The van der Waals surface area contributed by atoms with Gasteiger partial charge in [0.15, 0.2) is 0 Å². The van der Waals surface area contributed by atoms with Crippen molar-refractivity contribution in [1.29, 1.82) is 0 Å². The number of hydrogen-bond donors (Lipinski definition) is 2. The summed E-state index contributed by atoms with van der Waals surface area (Å²) in [5.41, 5.74) is 5.42. The van der Waals surface area contributed by atoms with Crippen LogP contribution in [-0.2, 0) is 14.6 Å². The quantitative estimate of drug-likeness (QED) is 0.366. The van der Waals surface area contributed by atoms with Gasteiger partial charge in [-0.05, 0) is 67.4 Å². The highest BCUT2D eigenvalue weighted by molar-refractivity contribution is 7.91. The molecule has 1 aliphatic heterocycles. The largest absolute Gasteiger partial charge is 0.381 e. The number of carbonyl (C=O) groups excluding carboxylic acids is 1. The van der Waals surface area contributed by atoms with Crippen molar-refractivity contribution in [3.05, 3.63) is 78.2 Å². The number of carbonyl (C=O) groups is 1. The zero-order valence-corrected chi connectivity index (χ0v) is 21.8. The third-order valence-electron chi connectivity index (χ3n) is 6.51. The van der Waals surface area contributed by atoms with Gasteiger partial charge >= 0.3 is 0 Å². The highest BCUT2D eigenvalue weighted by Gasteiger charge is 2.21. The lowest BCUT2D eigenvalue weighted by atomic mass is 10.1. The number of benzene rings is 3. The molecule has 11 heteroatoms. The molecule has 5 rings (SSSR count). The van der Waals surface area contributed by atoms with Gasteiger partial charge in [0.25, 0.3) is 5.91 Å². The molecule has 0 unspecified atom stereocenters. The molecule has 2 N–H and O–H groups in total. The maximum atomic E-state index is 13.6. The number of ether oxygens (including phenoxy) is 1. The molecule has 4 aromatic rings. The molecule has 1 fully saturated rings. The number of rotatable bonds is 7. The van der Waals surface area contributed by atoms with Crippen LogP contribution in [-0.4, -0.2) is 57.6 Å². The van der Waals surface area contributed by atoms with E-state index in [0.29, 0.717) is 35.4 Å². The number of hydrogen-bond acceptors (Lipinski definition) is 7. The van der Waals surface area contributed by atoms with Crippen LogP contribution >= 0.6 is 0 Å². The maximum absolute atomic E-state index is 13.6. The molecule has 1 aromatic heterocycles. The predicted molar refractivity (Wildman–Crippen MR) is 144 cm³/mol. The topological polar surface area (TPSA) is 106 Å². The van der Waals surface area contributed by atoms with Gasteiger partial charge < -0.3 is 15.0 Å². The third-order valence-corrected chi connectivity index (χ3v) is 8.26. The molecule has 9 nitrogen and oxygen atoms in total. The Morgan fingerprint density at radius 3 is 2.55 bits per heavy atom. The fourth-order valence-electron chi connectivity index (χ4n) is 4.38. The van der Waals surface area contributed by atoms with Crippen molar-refractivity contribution in [1.82, 2.24) is 9.89 Å². The first kappa shape index (κ1) is 25.7. The lowest BCUT2D eigenvalue weighted by Crippen LogP contribution is -2.30. The smallest absolute Gasteiger partial charge is 0.273 e. The summed E-state index contributed by atoms with van der Waals surface area (Å²) >= 11 is 0. The van der Waals surface area contributed by atoms with Crippen molar-refractivity contribution in [3.8, 4) is 0 Å². The third kappa shape index (κ3) is 5.20. The molecule has 0 aliphatic carbocycles. The van der Waals surface area contributed by atoms with E-state index >= 15 is 0 Å². The molecule has 0 spiro atoms. The summed E-state index contributed by atoms with van der Waals surface area (Å²) in [5.74, 6) is -1.00. The minimum absolute atomic E-state index is 0.00342. The van der Waals surface area contributed by atoms with Gasteiger partial charge in [0.2, 0.25) is 9.84 Å². The molecule has 0 saturated carbocycles. The summed E-state index contributed by atoms with van der Waals surface area (Å²) < 4.78 is 45.1. The zero-order valence-electron chi connectivity index (χ0n) is 21.0. The summed E-state index contributed by atoms with van der Waals surface area (Å²) in [6, 6.07) is 15.1. The first-order valence-electron chi connectivity index (χ1n) is 12.2. The Morgan fingerprint density at radius 1 is 1.05 bits per heavy atom. The average molecular weight is 538 g/mol. The summed E-state index contributed by atoms with van der Waals surface area (Å²) in [4.78, 5) is 16.5. The van der Waals surface area contributed by atoms with Crippen molar-refractivity contribution in [2.24, 2.45) is 0 Å². The molecule has 0 atom stereocenters. The SMILES string of the molecule is CN(C)c1ccc(C(=O)Nn2ncc3cc(S(=O)(=O)c4cccc(F)c4)ccc32)c(NC2CCOCC2)c1. The van der Waals surface area contributed by atoms with Crippen molar-refractivity contribution >= 4 is 38.0 Å². The molecule has 0 radical (unpaired) electrons. The van der Waals surface area contributed by atoms with Crippen molar-refractivity contribution in [2.45, 2.75) is 28.7 Å². The number of amides is 1. The Balaban J connectivity index is 1.42. The van der Waals surface area contributed by atoms with E-state index in [9.17, 15) is 17.6 Å². The molecule has 1 saturated heterocycles. The van der Waals surface area contributed by atoms with Gasteiger partial charge in [0, 0.05) is 50.1 Å². The number of aromatic nitrogens is 2. The summed E-state index contributed by atoms with van der Waals surface area (Å²) in [5, 5.41) is 8.25. The van der Waals surface area contributed by atoms with Crippen LogP contribution in [0.3, 0.4) is 0 Å². The minimum Gasteiger partial charge on any atom is -0.381 e. The number of anilines is 2. The Morgan fingerprint density at radius 2 is 1.82 bits per heavy atom. The van der Waals surface area contributed by atoms with Crippen LogP contribution in [0.2, 0.25) is 0 Å². The molecule has 3 aromatic carbocycles. The van der Waals surface area contributed by atoms with Crippen LogP contribution in [0.4, 0.5) is 15.8 Å². The fraction of sp³-hybridized carbons (Fsp3) is 0.259. The summed E-state index contributed by atoms with van der Waals surface area (Å²) in [6.45, 7) is 1.34. The fourth-order valence-corrected chi connectivity index (χ4v) is 5.71. The zero-order chi connectivity index (χ0) is 26.9. The standard InChI is InChI=1S/C27H28FN5O4S/c1-32(2)21-6-8-24(25(16-21)30-20-10-12-37-13-11-20)27(34)31-33-26-9-7-23(14-18(26)17-29-33)38(35,36)22-5-3-4-19(28)15-22/h3-9,14-17,20,30H,10-13H2,1-2H3,(H,31,34). The highest BCUT2D eigenvalue weighted by atomic mass is 32.2. The second-order valence-electron chi connectivity index (χ2n) is 9.33. The van der Waals surface area contributed by atoms with E-state index in [0.717, 1.165) is 24.6 Å². The highest BCUT2D eigenvalue weighted by Crippen LogP contribution is 2.27. The van der Waals surface area contributed by atoms with Gasteiger partial charge in [-0.1, -0.05) is 6.07 Å². The van der Waals surface area contributed by atoms with Gasteiger partial charge in [-0.25, -0.2) is 18.2 Å². The molecule has 38 heavy (non-hydrogen) atoms.